The lowest BCUT2D eigenvalue weighted by Gasteiger charge is -2.09. The summed E-state index contributed by atoms with van der Waals surface area (Å²) in [6, 6.07) is 0. The molecule has 0 aromatic carbocycles. The maximum Gasteiger partial charge on any atom is 0.156 e. The normalized spacial score (nSPS) is 12.5. The van der Waals surface area contributed by atoms with Crippen LogP contribution in [0.4, 0.5) is 0 Å². The molecule has 0 bridgehead atoms. The first kappa shape index (κ1) is 14.2. The number of allylic oxidation sites excluding steroid dienone is 2. The highest BCUT2D eigenvalue weighted by Crippen LogP contribution is 1.93. The first-order chi connectivity index (χ1) is 7.31. The lowest BCUT2D eigenvalue weighted by Crippen LogP contribution is -2.12. The zero-order valence-corrected chi connectivity index (χ0v) is 10.1. The van der Waals surface area contributed by atoms with Crippen molar-refractivity contribution in [3.05, 3.63) is 12.2 Å². The molecule has 0 aromatic rings. The van der Waals surface area contributed by atoms with Gasteiger partial charge in [0.2, 0.25) is 0 Å². The van der Waals surface area contributed by atoms with Gasteiger partial charge in [-0.25, -0.2) is 0 Å². The van der Waals surface area contributed by atoms with Gasteiger partial charge in [-0.1, -0.05) is 25.0 Å². The van der Waals surface area contributed by atoms with Crippen LogP contribution >= 0.6 is 0 Å². The average molecular weight is 210 g/mol. The Balaban J connectivity index is 3.34. The van der Waals surface area contributed by atoms with Crippen LogP contribution in [-0.2, 0) is 9.47 Å². The van der Waals surface area contributed by atoms with E-state index in [1.807, 2.05) is 13.8 Å². The van der Waals surface area contributed by atoms with E-state index in [0.717, 1.165) is 19.3 Å². The maximum atomic E-state index is 5.30. The fraction of sp³-hybridized carbons (Fsp3) is 0.692. The Morgan fingerprint density at radius 3 is 2.60 bits per heavy atom. The molecule has 0 saturated carbocycles. The molecule has 0 amide bonds. The SMILES string of the molecule is CCC=CCCC#CCOC(C)OCC. The van der Waals surface area contributed by atoms with Gasteiger partial charge >= 0.3 is 0 Å². The Hall–Kier alpha value is -0.780. The van der Waals surface area contributed by atoms with Gasteiger partial charge in [-0.05, 0) is 26.7 Å². The monoisotopic (exact) mass is 210 g/mol. The molecule has 0 aliphatic rings. The summed E-state index contributed by atoms with van der Waals surface area (Å²) < 4.78 is 10.5. The molecule has 0 rings (SSSR count). The summed E-state index contributed by atoms with van der Waals surface area (Å²) in [6.45, 7) is 7.10. The predicted molar refractivity (Wildman–Crippen MR) is 63.5 cm³/mol. The highest BCUT2D eigenvalue weighted by molar-refractivity contribution is 5.00. The van der Waals surface area contributed by atoms with Gasteiger partial charge < -0.3 is 9.47 Å². The van der Waals surface area contributed by atoms with Gasteiger partial charge in [-0.15, -0.1) is 5.92 Å². The van der Waals surface area contributed by atoms with Gasteiger partial charge in [-0.2, -0.15) is 0 Å². The van der Waals surface area contributed by atoms with Crippen molar-refractivity contribution in [3.63, 3.8) is 0 Å². The van der Waals surface area contributed by atoms with Gasteiger partial charge in [0.25, 0.3) is 0 Å². The molecule has 0 fully saturated rings. The molecule has 0 heterocycles. The van der Waals surface area contributed by atoms with Crippen molar-refractivity contribution in [2.45, 2.75) is 46.3 Å². The second kappa shape index (κ2) is 11.3. The summed E-state index contributed by atoms with van der Waals surface area (Å²) in [6.07, 6.45) is 7.21. The summed E-state index contributed by atoms with van der Waals surface area (Å²) in [4.78, 5) is 0. The molecule has 0 N–H and O–H groups in total. The minimum atomic E-state index is -0.149. The summed E-state index contributed by atoms with van der Waals surface area (Å²) in [7, 11) is 0. The fourth-order valence-corrected chi connectivity index (χ4v) is 1.02. The Morgan fingerprint density at radius 2 is 1.93 bits per heavy atom. The van der Waals surface area contributed by atoms with Crippen LogP contribution in [0.2, 0.25) is 0 Å². The van der Waals surface area contributed by atoms with E-state index in [1.165, 1.54) is 0 Å². The Bertz CT molecular complexity index is 210. The van der Waals surface area contributed by atoms with Gasteiger partial charge in [0.1, 0.15) is 6.61 Å². The molecule has 1 unspecified atom stereocenters. The summed E-state index contributed by atoms with van der Waals surface area (Å²) >= 11 is 0. The number of ether oxygens (including phenoxy) is 2. The maximum absolute atomic E-state index is 5.30. The third-order valence-corrected chi connectivity index (χ3v) is 1.75. The van der Waals surface area contributed by atoms with E-state index in [9.17, 15) is 0 Å². The third-order valence-electron chi connectivity index (χ3n) is 1.75. The minimum Gasteiger partial charge on any atom is -0.353 e. The van der Waals surface area contributed by atoms with Crippen molar-refractivity contribution < 1.29 is 9.47 Å². The predicted octanol–water partition coefficient (Wildman–Crippen LogP) is 3.14. The van der Waals surface area contributed by atoms with Gasteiger partial charge in [0.15, 0.2) is 6.29 Å². The summed E-state index contributed by atoms with van der Waals surface area (Å²) in [5, 5.41) is 0. The first-order valence-corrected chi connectivity index (χ1v) is 5.65. The lowest BCUT2D eigenvalue weighted by molar-refractivity contribution is -0.117. The number of rotatable bonds is 7. The Labute approximate surface area is 93.7 Å². The van der Waals surface area contributed by atoms with Crippen LogP contribution in [0.25, 0.3) is 0 Å². The van der Waals surface area contributed by atoms with Gasteiger partial charge in [0, 0.05) is 13.0 Å². The second-order valence-corrected chi connectivity index (χ2v) is 3.11. The summed E-state index contributed by atoms with van der Waals surface area (Å²) in [5.74, 6) is 6.03. The Morgan fingerprint density at radius 1 is 1.13 bits per heavy atom. The van der Waals surface area contributed by atoms with Gasteiger partial charge in [-0.3, -0.25) is 0 Å². The molecule has 0 radical (unpaired) electrons. The zero-order chi connectivity index (χ0) is 11.4. The highest BCUT2D eigenvalue weighted by atomic mass is 16.7. The van der Waals surface area contributed by atoms with E-state index in [1.54, 1.807) is 0 Å². The number of hydrogen-bond donors (Lipinski definition) is 0. The smallest absolute Gasteiger partial charge is 0.156 e. The van der Waals surface area contributed by atoms with Crippen molar-refractivity contribution >= 4 is 0 Å². The van der Waals surface area contributed by atoms with E-state index in [4.69, 9.17) is 9.47 Å². The van der Waals surface area contributed by atoms with Crippen LogP contribution in [-0.4, -0.2) is 19.5 Å². The largest absolute Gasteiger partial charge is 0.353 e. The van der Waals surface area contributed by atoms with Crippen LogP contribution < -0.4 is 0 Å². The van der Waals surface area contributed by atoms with E-state index in [0.29, 0.717) is 13.2 Å². The van der Waals surface area contributed by atoms with Crippen molar-refractivity contribution in [3.8, 4) is 11.8 Å². The van der Waals surface area contributed by atoms with E-state index in [-0.39, 0.29) is 6.29 Å². The van der Waals surface area contributed by atoms with Crippen LogP contribution in [0, 0.1) is 11.8 Å². The lowest BCUT2D eigenvalue weighted by atomic mass is 10.3. The van der Waals surface area contributed by atoms with E-state index in [2.05, 4.69) is 30.9 Å². The zero-order valence-electron chi connectivity index (χ0n) is 10.1. The Kier molecular flexibility index (Phi) is 10.7. The third kappa shape index (κ3) is 11.1. The highest BCUT2D eigenvalue weighted by Gasteiger charge is 1.96. The average Bonchev–Trinajstić information content (AvgIpc) is 2.22. The first-order valence-electron chi connectivity index (χ1n) is 5.65. The number of hydrogen-bond acceptors (Lipinski definition) is 2. The number of unbranched alkanes of at least 4 members (excludes halogenated alkanes) is 1. The van der Waals surface area contributed by atoms with Crippen LogP contribution in [0.1, 0.15) is 40.0 Å². The topological polar surface area (TPSA) is 18.5 Å². The van der Waals surface area contributed by atoms with Crippen LogP contribution in [0.5, 0.6) is 0 Å². The summed E-state index contributed by atoms with van der Waals surface area (Å²) in [5.41, 5.74) is 0. The molecule has 2 nitrogen and oxygen atoms in total. The molecule has 0 spiro atoms. The van der Waals surface area contributed by atoms with E-state index < -0.39 is 0 Å². The van der Waals surface area contributed by atoms with Gasteiger partial charge in [0.05, 0.1) is 0 Å². The quantitative estimate of drug-likeness (QED) is 0.278. The van der Waals surface area contributed by atoms with E-state index >= 15 is 0 Å². The molecule has 0 aromatic heterocycles. The standard InChI is InChI=1S/C13H22O2/c1-4-6-7-8-9-10-11-12-15-13(3)14-5-2/h6-7,13H,4-5,8-9,12H2,1-3H3. The molecule has 2 heteroatoms. The molecule has 1 atom stereocenters. The van der Waals surface area contributed by atoms with Crippen molar-refractivity contribution in [2.75, 3.05) is 13.2 Å². The molecule has 15 heavy (non-hydrogen) atoms. The second-order valence-electron chi connectivity index (χ2n) is 3.11. The van der Waals surface area contributed by atoms with Crippen LogP contribution in [0.15, 0.2) is 12.2 Å². The van der Waals surface area contributed by atoms with Crippen molar-refractivity contribution in [2.24, 2.45) is 0 Å². The van der Waals surface area contributed by atoms with Crippen LogP contribution in [0.3, 0.4) is 0 Å². The fourth-order valence-electron chi connectivity index (χ4n) is 1.02. The molecular weight excluding hydrogens is 188 g/mol. The molecule has 0 aliphatic heterocycles. The van der Waals surface area contributed by atoms with Crippen molar-refractivity contribution in [1.29, 1.82) is 0 Å². The molecule has 0 aliphatic carbocycles. The van der Waals surface area contributed by atoms with Crippen molar-refractivity contribution in [1.82, 2.24) is 0 Å². The molecule has 0 saturated heterocycles. The minimum absolute atomic E-state index is 0.149. The molecular formula is C13H22O2. The molecule has 86 valence electrons.